The van der Waals surface area contributed by atoms with Crippen molar-refractivity contribution in [2.75, 3.05) is 31.2 Å². The van der Waals surface area contributed by atoms with Crippen LogP contribution in [0.3, 0.4) is 0 Å². The number of amides is 3. The van der Waals surface area contributed by atoms with Crippen LogP contribution >= 0.6 is 0 Å². The Labute approximate surface area is 209 Å². The third kappa shape index (κ3) is 5.63. The molecule has 3 fully saturated rings. The maximum Gasteiger partial charge on any atom is 0.250 e. The zero-order valence-corrected chi connectivity index (χ0v) is 21.2. The van der Waals surface area contributed by atoms with E-state index in [-0.39, 0.29) is 30.3 Å². The molecule has 8 nitrogen and oxygen atoms in total. The maximum atomic E-state index is 13.8. The van der Waals surface area contributed by atoms with Gasteiger partial charge in [-0.1, -0.05) is 51.3 Å². The Morgan fingerprint density at radius 1 is 1.09 bits per heavy atom. The van der Waals surface area contributed by atoms with Crippen LogP contribution in [0.5, 0.6) is 0 Å². The van der Waals surface area contributed by atoms with E-state index in [1.165, 1.54) is 6.42 Å². The summed E-state index contributed by atoms with van der Waals surface area (Å²) in [5.41, 5.74) is 6.39. The third-order valence-corrected chi connectivity index (χ3v) is 7.83. The lowest BCUT2D eigenvalue weighted by Crippen LogP contribution is -2.59. The topological polar surface area (TPSA) is 99.0 Å². The molecule has 192 valence electrons. The van der Waals surface area contributed by atoms with Crippen LogP contribution in [0.2, 0.25) is 0 Å². The summed E-state index contributed by atoms with van der Waals surface area (Å²) in [7, 11) is 0. The van der Waals surface area contributed by atoms with Crippen LogP contribution in [0.4, 0.5) is 5.69 Å². The molecular weight excluding hydrogens is 442 g/mol. The molecule has 1 aromatic carbocycles. The van der Waals surface area contributed by atoms with Gasteiger partial charge >= 0.3 is 0 Å². The number of benzene rings is 1. The molecule has 2 aliphatic heterocycles. The normalized spacial score (nSPS) is 21.6. The predicted molar refractivity (Wildman–Crippen MR) is 136 cm³/mol. The van der Waals surface area contributed by atoms with Gasteiger partial charge in [0.2, 0.25) is 11.8 Å². The molecule has 35 heavy (non-hydrogen) atoms. The van der Waals surface area contributed by atoms with Crippen molar-refractivity contribution in [2.24, 2.45) is 11.7 Å². The summed E-state index contributed by atoms with van der Waals surface area (Å²) in [6, 6.07) is 9.63. The molecule has 0 radical (unpaired) electrons. The van der Waals surface area contributed by atoms with Gasteiger partial charge in [-0.2, -0.15) is 0 Å². The van der Waals surface area contributed by atoms with Gasteiger partial charge in [0.25, 0.3) is 5.91 Å². The molecule has 3 N–H and O–H groups in total. The Kier molecular flexibility index (Phi) is 7.99. The van der Waals surface area contributed by atoms with E-state index in [9.17, 15) is 14.4 Å². The average molecular weight is 484 g/mol. The monoisotopic (exact) mass is 483 g/mol. The van der Waals surface area contributed by atoms with Crippen molar-refractivity contribution in [3.05, 3.63) is 30.3 Å². The van der Waals surface area contributed by atoms with E-state index in [0.29, 0.717) is 44.9 Å². The molecule has 3 aliphatic rings. The lowest BCUT2D eigenvalue weighted by atomic mass is 9.85. The third-order valence-electron chi connectivity index (χ3n) is 7.83. The van der Waals surface area contributed by atoms with Crippen LogP contribution < -0.4 is 16.0 Å². The highest BCUT2D eigenvalue weighted by Gasteiger charge is 2.54. The molecule has 1 atom stereocenters. The highest BCUT2D eigenvalue weighted by atomic mass is 16.2. The summed E-state index contributed by atoms with van der Waals surface area (Å²) in [4.78, 5) is 45.2. The summed E-state index contributed by atoms with van der Waals surface area (Å²) in [5, 5.41) is 3.14. The van der Waals surface area contributed by atoms with E-state index in [1.54, 1.807) is 4.90 Å². The van der Waals surface area contributed by atoms with Crippen LogP contribution in [0.1, 0.15) is 65.2 Å². The van der Waals surface area contributed by atoms with E-state index in [2.05, 4.69) is 24.1 Å². The van der Waals surface area contributed by atoms with E-state index in [4.69, 9.17) is 5.73 Å². The number of likely N-dealkylation sites (tertiary alicyclic amines) is 1. The van der Waals surface area contributed by atoms with Crippen LogP contribution in [0, 0.1) is 5.92 Å². The molecule has 1 spiro atoms. The minimum absolute atomic E-state index is 0.0151. The molecule has 2 heterocycles. The van der Waals surface area contributed by atoms with E-state index >= 15 is 0 Å². The molecule has 0 bridgehead atoms. The lowest BCUT2D eigenvalue weighted by Gasteiger charge is -2.43. The van der Waals surface area contributed by atoms with Crippen LogP contribution in [0.25, 0.3) is 0 Å². The summed E-state index contributed by atoms with van der Waals surface area (Å²) in [5.74, 6) is 0.221. The molecule has 1 saturated carbocycles. The van der Waals surface area contributed by atoms with Crippen molar-refractivity contribution < 1.29 is 14.4 Å². The van der Waals surface area contributed by atoms with Gasteiger partial charge in [-0.05, 0) is 50.2 Å². The van der Waals surface area contributed by atoms with Gasteiger partial charge in [-0.15, -0.1) is 0 Å². The van der Waals surface area contributed by atoms with Crippen molar-refractivity contribution in [3.8, 4) is 0 Å². The second kappa shape index (κ2) is 11.0. The SMILES string of the molecule is CC(C)C[C@@H](N)C(=O)N1CCC2(CC1)C(=O)N(CC(=O)NC1CCCCC1)CN2c1ccccc1. The first kappa shape index (κ1) is 25.5. The fourth-order valence-corrected chi connectivity index (χ4v) is 5.96. The number of piperidine rings is 1. The second-order valence-electron chi connectivity index (χ2n) is 10.9. The smallest absolute Gasteiger partial charge is 0.250 e. The fourth-order valence-electron chi connectivity index (χ4n) is 5.96. The zero-order chi connectivity index (χ0) is 25.0. The number of nitrogens with one attached hydrogen (secondary N) is 1. The Morgan fingerprint density at radius 3 is 2.37 bits per heavy atom. The lowest BCUT2D eigenvalue weighted by molar-refractivity contribution is -0.140. The summed E-state index contributed by atoms with van der Waals surface area (Å²) in [6.07, 6.45) is 7.27. The van der Waals surface area contributed by atoms with Gasteiger partial charge in [0, 0.05) is 24.8 Å². The highest BCUT2D eigenvalue weighted by molar-refractivity contribution is 5.96. The van der Waals surface area contributed by atoms with Crippen molar-refractivity contribution in [3.63, 3.8) is 0 Å². The molecule has 1 aliphatic carbocycles. The van der Waals surface area contributed by atoms with Gasteiger partial charge < -0.3 is 25.8 Å². The fraction of sp³-hybridized carbons (Fsp3) is 0.667. The van der Waals surface area contributed by atoms with E-state index < -0.39 is 11.6 Å². The van der Waals surface area contributed by atoms with Gasteiger partial charge in [-0.25, -0.2) is 0 Å². The minimum Gasteiger partial charge on any atom is -0.352 e. The van der Waals surface area contributed by atoms with Crippen molar-refractivity contribution in [1.29, 1.82) is 0 Å². The van der Waals surface area contributed by atoms with E-state index in [0.717, 1.165) is 31.4 Å². The number of para-hydroxylation sites is 1. The Balaban J connectivity index is 1.47. The number of nitrogens with zero attached hydrogens (tertiary/aromatic N) is 3. The Hall–Kier alpha value is -2.61. The van der Waals surface area contributed by atoms with E-state index in [1.807, 2.05) is 35.2 Å². The number of hydrogen-bond donors (Lipinski definition) is 2. The number of carbonyl (C=O) groups is 3. The quantitative estimate of drug-likeness (QED) is 0.621. The second-order valence-corrected chi connectivity index (χ2v) is 10.9. The number of carbonyl (C=O) groups excluding carboxylic acids is 3. The zero-order valence-electron chi connectivity index (χ0n) is 21.2. The number of nitrogens with two attached hydrogens (primary N) is 1. The summed E-state index contributed by atoms with van der Waals surface area (Å²) < 4.78 is 0. The van der Waals surface area contributed by atoms with Crippen LogP contribution in [0.15, 0.2) is 30.3 Å². The standard InChI is InChI=1S/C27H41N5O3/c1-20(2)17-23(28)25(34)30-15-13-27(14-16-30)26(35)31(19-32(27)22-11-7-4-8-12-22)18-24(33)29-21-9-5-3-6-10-21/h4,7-8,11-12,20-21,23H,3,5-6,9-10,13-19,28H2,1-2H3,(H,29,33)/t23-/m1/s1. The Bertz CT molecular complexity index is 891. The van der Waals surface area contributed by atoms with Gasteiger partial charge in [0.05, 0.1) is 12.7 Å². The molecule has 2 saturated heterocycles. The van der Waals surface area contributed by atoms with Crippen LogP contribution in [-0.4, -0.2) is 71.4 Å². The molecule has 3 amide bonds. The first-order chi connectivity index (χ1) is 16.8. The van der Waals surface area contributed by atoms with Gasteiger partial charge in [-0.3, -0.25) is 14.4 Å². The maximum absolute atomic E-state index is 13.8. The largest absolute Gasteiger partial charge is 0.352 e. The molecule has 0 unspecified atom stereocenters. The molecule has 0 aromatic heterocycles. The first-order valence-corrected chi connectivity index (χ1v) is 13.3. The minimum atomic E-state index is -0.745. The first-order valence-electron chi connectivity index (χ1n) is 13.3. The molecule has 4 rings (SSSR count). The molecular formula is C27H41N5O3. The van der Waals surface area contributed by atoms with Crippen molar-refractivity contribution in [1.82, 2.24) is 15.1 Å². The van der Waals surface area contributed by atoms with Crippen molar-refractivity contribution in [2.45, 2.75) is 82.8 Å². The average Bonchev–Trinajstić information content (AvgIpc) is 3.11. The van der Waals surface area contributed by atoms with Crippen molar-refractivity contribution >= 4 is 23.4 Å². The Morgan fingerprint density at radius 2 is 1.74 bits per heavy atom. The van der Waals surface area contributed by atoms with Crippen LogP contribution in [-0.2, 0) is 14.4 Å². The summed E-state index contributed by atoms with van der Waals surface area (Å²) >= 11 is 0. The number of rotatable bonds is 7. The number of anilines is 1. The van der Waals surface area contributed by atoms with Gasteiger partial charge in [0.1, 0.15) is 12.1 Å². The molecule has 1 aromatic rings. The summed E-state index contributed by atoms with van der Waals surface area (Å²) in [6.45, 7) is 5.55. The predicted octanol–water partition coefficient (Wildman–Crippen LogP) is 2.48. The highest BCUT2D eigenvalue weighted by Crippen LogP contribution is 2.39. The van der Waals surface area contributed by atoms with Gasteiger partial charge in [0.15, 0.2) is 0 Å². The molecule has 8 heteroatoms. The number of hydrogen-bond acceptors (Lipinski definition) is 5.